The number of hydrogen-bond acceptors (Lipinski definition) is 7. The summed E-state index contributed by atoms with van der Waals surface area (Å²) in [6.45, 7) is 5.95. The Bertz CT molecular complexity index is 1650. The first-order valence-corrected chi connectivity index (χ1v) is 15.8. The normalized spacial score (nSPS) is 27.4. The molecule has 1 aliphatic carbocycles. The molecule has 6 heterocycles. The number of hydrogen-bond donors (Lipinski definition) is 2. The number of likely N-dealkylation sites (tertiary alicyclic amines) is 1. The fourth-order valence-electron chi connectivity index (χ4n) is 7.93. The van der Waals surface area contributed by atoms with Gasteiger partial charge in [0.1, 0.15) is 6.04 Å². The third-order valence-corrected chi connectivity index (χ3v) is 10.5. The van der Waals surface area contributed by atoms with E-state index in [2.05, 4.69) is 20.7 Å². The molecular formula is C34H39N7O5. The Kier molecular flexibility index (Phi) is 7.42. The maximum atomic E-state index is 14.2. The minimum Gasteiger partial charge on any atom is -0.369 e. The van der Waals surface area contributed by atoms with Crippen molar-refractivity contribution >= 4 is 23.6 Å². The van der Waals surface area contributed by atoms with Crippen LogP contribution in [0.5, 0.6) is 0 Å². The molecule has 12 heteroatoms. The van der Waals surface area contributed by atoms with Crippen molar-refractivity contribution in [3.63, 3.8) is 0 Å². The summed E-state index contributed by atoms with van der Waals surface area (Å²) in [6.07, 6.45) is 4.19. The lowest BCUT2D eigenvalue weighted by Crippen LogP contribution is -2.65. The van der Waals surface area contributed by atoms with E-state index in [1.165, 1.54) is 7.05 Å². The summed E-state index contributed by atoms with van der Waals surface area (Å²) in [5, 5.41) is 10.1. The SMILES string of the molecule is CNC(=O)[C@H]1NC(=O)C2CN(C(=O)c3cnn(Cc4ccccc4)c3)CC23CN(C3)C(=O)[C@H]2C([C@H]1OCc1ccccn1)C2(C)C. The first kappa shape index (κ1) is 30.1. The maximum absolute atomic E-state index is 14.2. The summed E-state index contributed by atoms with van der Waals surface area (Å²) in [7, 11) is 1.52. The largest absolute Gasteiger partial charge is 0.369 e. The van der Waals surface area contributed by atoms with Crippen LogP contribution in [0.4, 0.5) is 0 Å². The van der Waals surface area contributed by atoms with Crippen molar-refractivity contribution in [2.75, 3.05) is 33.2 Å². The second kappa shape index (κ2) is 11.3. The summed E-state index contributed by atoms with van der Waals surface area (Å²) >= 11 is 0. The van der Waals surface area contributed by atoms with Crippen LogP contribution in [0.1, 0.15) is 35.5 Å². The van der Waals surface area contributed by atoms with Crippen LogP contribution in [-0.4, -0.2) is 93.6 Å². The van der Waals surface area contributed by atoms with E-state index in [9.17, 15) is 19.2 Å². The molecule has 1 spiro atoms. The average Bonchev–Trinajstić information content (AvgIpc) is 3.37. The molecule has 46 heavy (non-hydrogen) atoms. The van der Waals surface area contributed by atoms with E-state index in [1.54, 1.807) is 28.2 Å². The van der Waals surface area contributed by atoms with Gasteiger partial charge in [-0.25, -0.2) is 0 Å². The van der Waals surface area contributed by atoms with Crippen molar-refractivity contribution in [2.24, 2.45) is 28.6 Å². The summed E-state index contributed by atoms with van der Waals surface area (Å²) in [6, 6.07) is 14.3. The van der Waals surface area contributed by atoms with Gasteiger partial charge in [-0.05, 0) is 23.1 Å². The van der Waals surface area contributed by atoms with Crippen LogP contribution in [0.3, 0.4) is 0 Å². The van der Waals surface area contributed by atoms with Gasteiger partial charge in [-0.1, -0.05) is 50.2 Å². The number of carbonyl (C=O) groups excluding carboxylic acids is 4. The second-order valence-corrected chi connectivity index (χ2v) is 13.7. The zero-order valence-corrected chi connectivity index (χ0v) is 26.3. The van der Waals surface area contributed by atoms with Crippen LogP contribution >= 0.6 is 0 Å². The van der Waals surface area contributed by atoms with Crippen molar-refractivity contribution in [1.29, 1.82) is 0 Å². The van der Waals surface area contributed by atoms with Crippen molar-refractivity contribution in [2.45, 2.75) is 39.1 Å². The van der Waals surface area contributed by atoms with Crippen LogP contribution < -0.4 is 10.6 Å². The van der Waals surface area contributed by atoms with Crippen molar-refractivity contribution in [3.8, 4) is 0 Å². The number of pyridine rings is 1. The highest BCUT2D eigenvalue weighted by Gasteiger charge is 2.70. The highest BCUT2D eigenvalue weighted by molar-refractivity contribution is 5.96. The number of ether oxygens (including phenoxy) is 1. The predicted octanol–water partition coefficient (Wildman–Crippen LogP) is 1.33. The van der Waals surface area contributed by atoms with E-state index in [4.69, 9.17) is 4.74 Å². The van der Waals surface area contributed by atoms with Crippen LogP contribution in [0.25, 0.3) is 0 Å². The first-order chi connectivity index (χ1) is 22.1. The molecule has 2 N–H and O–H groups in total. The number of rotatable bonds is 7. The highest BCUT2D eigenvalue weighted by atomic mass is 16.5. The lowest BCUT2D eigenvalue weighted by atomic mass is 9.71. The number of fused-ring (bicyclic) bond motifs is 3. The summed E-state index contributed by atoms with van der Waals surface area (Å²) in [5.74, 6) is -2.19. The van der Waals surface area contributed by atoms with Gasteiger partial charge in [-0.2, -0.15) is 5.10 Å². The standard InChI is InChI=1S/C34H39N7O5/c1-33(2)25-26(33)32(45)40-19-34(20-40)18-39(31(44)22-13-37-41(15-22)14-21-9-5-4-6-10-21)16-24(34)29(42)38-27(30(43)35-3)28(25)46-17-23-11-7-8-12-36-23/h4-13,15,24-28H,14,16-20H2,1-3H3,(H,35,43)(H,38,42)/t24?,25?,26-,27+,28-/m1/s1. The molecule has 3 aromatic rings. The van der Waals surface area contributed by atoms with Gasteiger partial charge in [0.05, 0.1) is 42.6 Å². The molecule has 1 saturated carbocycles. The molecule has 1 aromatic carbocycles. The molecule has 2 aromatic heterocycles. The summed E-state index contributed by atoms with van der Waals surface area (Å²) in [4.78, 5) is 63.1. The van der Waals surface area contributed by atoms with E-state index >= 15 is 0 Å². The monoisotopic (exact) mass is 625 g/mol. The van der Waals surface area contributed by atoms with Gasteiger partial charge in [0.15, 0.2) is 0 Å². The molecule has 5 aliphatic rings. The molecule has 4 saturated heterocycles. The van der Waals surface area contributed by atoms with Crippen molar-refractivity contribution < 1.29 is 23.9 Å². The van der Waals surface area contributed by atoms with Gasteiger partial charge in [0, 0.05) is 62.9 Å². The number of nitrogens with zero attached hydrogens (tertiary/aromatic N) is 5. The topological polar surface area (TPSA) is 139 Å². The quantitative estimate of drug-likeness (QED) is 0.404. The Labute approximate surface area is 267 Å². The molecular weight excluding hydrogens is 586 g/mol. The van der Waals surface area contributed by atoms with Gasteiger partial charge in [0.2, 0.25) is 17.7 Å². The Morgan fingerprint density at radius 2 is 1.83 bits per heavy atom. The fourth-order valence-corrected chi connectivity index (χ4v) is 7.93. The number of likely N-dealkylation sites (N-methyl/N-ethyl adjacent to an activating group) is 1. The maximum Gasteiger partial charge on any atom is 0.257 e. The third kappa shape index (κ3) is 5.14. The Hall–Kier alpha value is -4.58. The smallest absolute Gasteiger partial charge is 0.257 e. The van der Waals surface area contributed by atoms with Gasteiger partial charge >= 0.3 is 0 Å². The van der Waals surface area contributed by atoms with E-state index in [1.807, 2.05) is 67.3 Å². The van der Waals surface area contributed by atoms with Crippen molar-refractivity contribution in [1.82, 2.24) is 35.2 Å². The summed E-state index contributed by atoms with van der Waals surface area (Å²) < 4.78 is 8.12. The Morgan fingerprint density at radius 1 is 1.07 bits per heavy atom. The zero-order chi connectivity index (χ0) is 32.2. The van der Waals surface area contributed by atoms with Crippen LogP contribution in [0.2, 0.25) is 0 Å². The minimum atomic E-state index is -1.04. The molecule has 2 unspecified atom stereocenters. The lowest BCUT2D eigenvalue weighted by Gasteiger charge is -2.50. The molecule has 8 rings (SSSR count). The Balaban J connectivity index is 1.15. The molecule has 5 atom stereocenters. The average molecular weight is 626 g/mol. The zero-order valence-electron chi connectivity index (χ0n) is 26.3. The number of benzene rings is 1. The molecule has 2 bridgehead atoms. The molecule has 4 amide bonds. The van der Waals surface area contributed by atoms with Crippen LogP contribution in [0, 0.1) is 28.6 Å². The second-order valence-electron chi connectivity index (χ2n) is 13.7. The summed E-state index contributed by atoms with van der Waals surface area (Å²) in [5.41, 5.74) is 1.14. The van der Waals surface area contributed by atoms with E-state index in [0.29, 0.717) is 37.4 Å². The Morgan fingerprint density at radius 3 is 2.54 bits per heavy atom. The first-order valence-electron chi connectivity index (χ1n) is 15.8. The van der Waals surface area contributed by atoms with E-state index < -0.39 is 34.8 Å². The molecule has 4 aliphatic heterocycles. The van der Waals surface area contributed by atoms with Gasteiger partial charge < -0.3 is 25.2 Å². The number of aromatic nitrogens is 3. The predicted molar refractivity (Wildman–Crippen MR) is 166 cm³/mol. The lowest BCUT2D eigenvalue weighted by molar-refractivity contribution is -0.151. The third-order valence-electron chi connectivity index (χ3n) is 10.5. The number of nitrogens with one attached hydrogen (secondary N) is 2. The highest BCUT2D eigenvalue weighted by Crippen LogP contribution is 2.63. The molecule has 5 fully saturated rings. The van der Waals surface area contributed by atoms with E-state index in [0.717, 1.165) is 5.56 Å². The van der Waals surface area contributed by atoms with Crippen LogP contribution in [0.15, 0.2) is 67.1 Å². The minimum absolute atomic E-state index is 0.00258. The fraction of sp³-hybridized carbons (Fsp3) is 0.471. The van der Waals surface area contributed by atoms with Gasteiger partial charge in [-0.15, -0.1) is 0 Å². The van der Waals surface area contributed by atoms with Gasteiger partial charge in [0.25, 0.3) is 5.91 Å². The molecule has 240 valence electrons. The van der Waals surface area contributed by atoms with Crippen molar-refractivity contribution in [3.05, 3.63) is 83.9 Å². The van der Waals surface area contributed by atoms with Crippen LogP contribution in [-0.2, 0) is 32.3 Å². The molecule has 12 nitrogen and oxygen atoms in total. The van der Waals surface area contributed by atoms with E-state index in [-0.39, 0.29) is 42.7 Å². The number of amides is 4. The van der Waals surface area contributed by atoms with Gasteiger partial charge in [-0.3, -0.25) is 28.8 Å². The molecule has 0 radical (unpaired) electrons. The number of carbonyl (C=O) groups is 4.